The summed E-state index contributed by atoms with van der Waals surface area (Å²) in [5.41, 5.74) is 1.80. The van der Waals surface area contributed by atoms with Crippen molar-refractivity contribution in [3.63, 3.8) is 0 Å². The van der Waals surface area contributed by atoms with Crippen LogP contribution in [0.2, 0.25) is 0 Å². The maximum absolute atomic E-state index is 5.67. The molecule has 0 aliphatic heterocycles. The highest BCUT2D eigenvalue weighted by atomic mass is 79.9. The maximum Gasteiger partial charge on any atom is 0.135 e. The molecular weight excluding hydrogens is 397 g/mol. The van der Waals surface area contributed by atoms with Crippen molar-refractivity contribution < 1.29 is 4.74 Å². The van der Waals surface area contributed by atoms with E-state index in [2.05, 4.69) is 42.2 Å². The monoisotopic (exact) mass is 407 g/mol. The van der Waals surface area contributed by atoms with Gasteiger partial charge in [0.25, 0.3) is 0 Å². The van der Waals surface area contributed by atoms with Crippen molar-refractivity contribution in [1.82, 2.24) is 15.0 Å². The number of nitrogens with zero attached hydrogens (tertiary/aromatic N) is 3. The van der Waals surface area contributed by atoms with E-state index in [-0.39, 0.29) is 0 Å². The van der Waals surface area contributed by atoms with Gasteiger partial charge in [-0.15, -0.1) is 16.7 Å². The Morgan fingerprint density at radius 3 is 2.79 bits per heavy atom. The summed E-state index contributed by atoms with van der Waals surface area (Å²) in [5.74, 6) is 1.37. The van der Waals surface area contributed by atoms with Crippen LogP contribution >= 0.6 is 43.5 Å². The van der Waals surface area contributed by atoms with Gasteiger partial charge in [-0.3, -0.25) is 0 Å². The Hall–Kier alpha value is -0.590. The minimum Gasteiger partial charge on any atom is -0.495 e. The summed E-state index contributed by atoms with van der Waals surface area (Å²) in [4.78, 5) is 0. The molecule has 7 heteroatoms. The van der Waals surface area contributed by atoms with E-state index in [9.17, 15) is 0 Å². The molecule has 0 bridgehead atoms. The summed E-state index contributed by atoms with van der Waals surface area (Å²) >= 11 is 12.6. The second-order valence-electron chi connectivity index (χ2n) is 3.89. The first kappa shape index (κ1) is 14.8. The molecule has 4 nitrogen and oxygen atoms in total. The van der Waals surface area contributed by atoms with Crippen LogP contribution in [0.4, 0.5) is 0 Å². The largest absolute Gasteiger partial charge is 0.495 e. The Labute approximate surface area is 133 Å². The molecule has 0 atom stereocenters. The average Bonchev–Trinajstić information content (AvgIpc) is 2.85. The number of hydrogen-bond donors (Lipinski definition) is 0. The van der Waals surface area contributed by atoms with Crippen LogP contribution in [0.5, 0.6) is 5.75 Å². The van der Waals surface area contributed by atoms with Crippen LogP contribution in [0.3, 0.4) is 0 Å². The minimum atomic E-state index is 0.628. The third kappa shape index (κ3) is 3.49. The lowest BCUT2D eigenvalue weighted by Gasteiger charge is -2.08. The lowest BCUT2D eigenvalue weighted by Crippen LogP contribution is -1.98. The Morgan fingerprint density at radius 2 is 2.11 bits per heavy atom. The molecule has 0 unspecified atom stereocenters. The Morgan fingerprint density at radius 1 is 1.32 bits per heavy atom. The van der Waals surface area contributed by atoms with Gasteiger partial charge in [0.15, 0.2) is 0 Å². The van der Waals surface area contributed by atoms with E-state index in [1.54, 1.807) is 11.8 Å². The molecule has 0 fully saturated rings. The highest BCUT2D eigenvalue weighted by Gasteiger charge is 2.11. The number of benzene rings is 1. The second-order valence-corrected chi connectivity index (χ2v) is 5.97. The standard InChI is InChI=1S/C12H12Br2ClN3O/c1-19-12-6-11(9(13)5-10(12)14)18-7-8(16-17-18)3-2-4-15/h5-7H,2-4H2,1H3. The molecule has 0 saturated heterocycles. The fourth-order valence-corrected chi connectivity index (χ4v) is 3.10. The molecule has 0 aliphatic rings. The number of aromatic nitrogens is 3. The fraction of sp³-hybridized carbons (Fsp3) is 0.333. The van der Waals surface area contributed by atoms with Gasteiger partial charge >= 0.3 is 0 Å². The number of alkyl halides is 1. The first-order valence-corrected chi connectivity index (χ1v) is 7.78. The van der Waals surface area contributed by atoms with Crippen molar-refractivity contribution in [2.45, 2.75) is 12.8 Å². The van der Waals surface area contributed by atoms with Crippen molar-refractivity contribution in [2.24, 2.45) is 0 Å². The van der Waals surface area contributed by atoms with Crippen LogP contribution in [0, 0.1) is 0 Å². The van der Waals surface area contributed by atoms with E-state index in [1.165, 1.54) is 0 Å². The van der Waals surface area contributed by atoms with Crippen LogP contribution < -0.4 is 4.74 Å². The van der Waals surface area contributed by atoms with Crippen molar-refractivity contribution in [3.05, 3.63) is 33.0 Å². The molecule has 2 aromatic rings. The molecule has 102 valence electrons. The molecule has 0 N–H and O–H groups in total. The van der Waals surface area contributed by atoms with Gasteiger partial charge < -0.3 is 4.74 Å². The summed E-state index contributed by atoms with van der Waals surface area (Å²) in [6, 6.07) is 3.82. The first-order chi connectivity index (χ1) is 9.15. The number of rotatable bonds is 5. The molecule has 0 spiro atoms. The third-order valence-corrected chi connectivity index (χ3v) is 4.10. The highest BCUT2D eigenvalue weighted by molar-refractivity contribution is 9.11. The minimum absolute atomic E-state index is 0.628. The second kappa shape index (κ2) is 6.72. The lowest BCUT2D eigenvalue weighted by atomic mass is 10.2. The highest BCUT2D eigenvalue weighted by Crippen LogP contribution is 2.33. The zero-order chi connectivity index (χ0) is 13.8. The SMILES string of the molecule is COc1cc(-n2cc(CCCCl)nn2)c(Br)cc1Br. The van der Waals surface area contributed by atoms with Gasteiger partial charge in [-0.05, 0) is 50.8 Å². The molecule has 1 aromatic heterocycles. The van der Waals surface area contributed by atoms with E-state index in [4.69, 9.17) is 16.3 Å². The number of hydrogen-bond acceptors (Lipinski definition) is 3. The number of methoxy groups -OCH3 is 1. The van der Waals surface area contributed by atoms with Crippen LogP contribution in [0.25, 0.3) is 5.69 Å². The smallest absolute Gasteiger partial charge is 0.135 e. The van der Waals surface area contributed by atoms with Gasteiger partial charge in [-0.2, -0.15) is 0 Å². The van der Waals surface area contributed by atoms with Crippen molar-refractivity contribution in [3.8, 4) is 11.4 Å². The summed E-state index contributed by atoms with van der Waals surface area (Å²) in [6.07, 6.45) is 3.62. The molecule has 0 radical (unpaired) electrons. The molecule has 19 heavy (non-hydrogen) atoms. The van der Waals surface area contributed by atoms with Crippen LogP contribution in [0.1, 0.15) is 12.1 Å². The predicted octanol–water partition coefficient (Wildman–Crippen LogP) is 3.97. The Balaban J connectivity index is 2.33. The van der Waals surface area contributed by atoms with Crippen LogP contribution in [-0.4, -0.2) is 28.0 Å². The zero-order valence-corrected chi connectivity index (χ0v) is 14.2. The Kier molecular flexibility index (Phi) is 5.24. The maximum atomic E-state index is 5.67. The summed E-state index contributed by atoms with van der Waals surface area (Å²) in [5, 5.41) is 8.26. The summed E-state index contributed by atoms with van der Waals surface area (Å²) < 4.78 is 8.81. The fourth-order valence-electron chi connectivity index (χ4n) is 1.63. The van der Waals surface area contributed by atoms with Gasteiger partial charge in [0.05, 0.1) is 29.2 Å². The van der Waals surface area contributed by atoms with Crippen LogP contribution in [-0.2, 0) is 6.42 Å². The molecule has 1 heterocycles. The van der Waals surface area contributed by atoms with E-state index < -0.39 is 0 Å². The van der Waals surface area contributed by atoms with Gasteiger partial charge in [0.2, 0.25) is 0 Å². The summed E-state index contributed by atoms with van der Waals surface area (Å²) in [6.45, 7) is 0. The van der Waals surface area contributed by atoms with E-state index in [1.807, 2.05) is 18.3 Å². The molecule has 2 rings (SSSR count). The van der Waals surface area contributed by atoms with Crippen molar-refractivity contribution >= 4 is 43.5 Å². The zero-order valence-electron chi connectivity index (χ0n) is 10.2. The molecule has 0 aliphatic carbocycles. The molecular formula is C12H12Br2ClN3O. The molecule has 1 aromatic carbocycles. The third-order valence-electron chi connectivity index (χ3n) is 2.58. The summed E-state index contributed by atoms with van der Waals surface area (Å²) in [7, 11) is 1.63. The topological polar surface area (TPSA) is 39.9 Å². The predicted molar refractivity (Wildman–Crippen MR) is 82.4 cm³/mol. The van der Waals surface area contributed by atoms with Gasteiger partial charge in [-0.25, -0.2) is 4.68 Å². The van der Waals surface area contributed by atoms with Gasteiger partial charge in [0.1, 0.15) is 5.75 Å². The average molecular weight is 410 g/mol. The van der Waals surface area contributed by atoms with Gasteiger partial charge in [0, 0.05) is 16.4 Å². The van der Waals surface area contributed by atoms with E-state index in [0.717, 1.165) is 38.9 Å². The number of ether oxygens (including phenoxy) is 1. The quantitative estimate of drug-likeness (QED) is 0.702. The molecule has 0 saturated carbocycles. The Bertz CT molecular complexity index is 574. The van der Waals surface area contributed by atoms with Crippen molar-refractivity contribution in [1.29, 1.82) is 0 Å². The lowest BCUT2D eigenvalue weighted by molar-refractivity contribution is 0.411. The van der Waals surface area contributed by atoms with Crippen molar-refractivity contribution in [2.75, 3.05) is 13.0 Å². The van der Waals surface area contributed by atoms with Crippen LogP contribution in [0.15, 0.2) is 27.3 Å². The number of halogens is 3. The number of aryl methyl sites for hydroxylation is 1. The first-order valence-electron chi connectivity index (χ1n) is 5.66. The van der Waals surface area contributed by atoms with Gasteiger partial charge in [-0.1, -0.05) is 5.21 Å². The van der Waals surface area contributed by atoms with E-state index in [0.29, 0.717) is 5.88 Å². The molecule has 0 amide bonds. The van der Waals surface area contributed by atoms with E-state index >= 15 is 0 Å². The normalized spacial score (nSPS) is 10.7.